The van der Waals surface area contributed by atoms with Crippen LogP contribution in [0.1, 0.15) is 22.8 Å². The molecular formula is C17H14Cl2N2O5. The molecule has 0 spiro atoms. The van der Waals surface area contributed by atoms with Crippen molar-refractivity contribution in [1.82, 2.24) is 0 Å². The highest BCUT2D eigenvalue weighted by Crippen LogP contribution is 2.26. The van der Waals surface area contributed by atoms with E-state index in [1.54, 1.807) is 6.07 Å². The average molecular weight is 397 g/mol. The van der Waals surface area contributed by atoms with Crippen molar-refractivity contribution in [3.05, 3.63) is 67.7 Å². The number of benzene rings is 2. The molecular weight excluding hydrogens is 383 g/mol. The van der Waals surface area contributed by atoms with Crippen LogP contribution in [0.5, 0.6) is 0 Å². The minimum absolute atomic E-state index is 0.0170. The number of amides is 1. The zero-order valence-electron chi connectivity index (χ0n) is 13.8. The lowest BCUT2D eigenvalue weighted by atomic mass is 10.1. The van der Waals surface area contributed by atoms with Gasteiger partial charge in [-0.3, -0.25) is 14.9 Å². The van der Waals surface area contributed by atoms with Gasteiger partial charge in [-0.1, -0.05) is 29.3 Å². The molecule has 0 aliphatic carbocycles. The number of hydrogen-bond donors (Lipinski definition) is 1. The van der Waals surface area contributed by atoms with Crippen molar-refractivity contribution in [3.63, 3.8) is 0 Å². The van der Waals surface area contributed by atoms with Gasteiger partial charge >= 0.3 is 5.97 Å². The number of anilines is 1. The maximum Gasteiger partial charge on any atom is 0.339 e. The van der Waals surface area contributed by atoms with Gasteiger partial charge in [0.2, 0.25) is 0 Å². The van der Waals surface area contributed by atoms with E-state index in [-0.39, 0.29) is 21.8 Å². The topological polar surface area (TPSA) is 98.5 Å². The Balaban J connectivity index is 2.10. The van der Waals surface area contributed by atoms with E-state index >= 15 is 0 Å². The Morgan fingerprint density at radius 2 is 1.92 bits per heavy atom. The van der Waals surface area contributed by atoms with Crippen molar-refractivity contribution >= 4 is 46.5 Å². The predicted octanol–water partition coefficient (Wildman–Crippen LogP) is 4.39. The standard InChI is InChI=1S/C17H14Cl2N2O5/c1-9-12(4-3-5-15(9)21(24)25)17(23)26-10(2)16(22)20-14-7-6-11(18)8-13(14)19/h3-8,10H,1-2H3,(H,20,22)/t10-/m0/s1. The van der Waals surface area contributed by atoms with Crippen molar-refractivity contribution in [3.8, 4) is 0 Å². The van der Waals surface area contributed by atoms with E-state index in [0.717, 1.165) is 0 Å². The van der Waals surface area contributed by atoms with E-state index in [9.17, 15) is 19.7 Å². The number of rotatable bonds is 5. The van der Waals surface area contributed by atoms with Crippen molar-refractivity contribution in [2.75, 3.05) is 5.32 Å². The van der Waals surface area contributed by atoms with Crippen LogP contribution in [-0.2, 0) is 9.53 Å². The number of nitro benzene ring substituents is 1. The molecule has 2 aromatic rings. The predicted molar refractivity (Wildman–Crippen MR) is 97.8 cm³/mol. The molecule has 0 aliphatic heterocycles. The molecule has 0 bridgehead atoms. The highest BCUT2D eigenvalue weighted by molar-refractivity contribution is 6.36. The van der Waals surface area contributed by atoms with E-state index in [4.69, 9.17) is 27.9 Å². The van der Waals surface area contributed by atoms with Crippen LogP contribution in [0.15, 0.2) is 36.4 Å². The fraction of sp³-hybridized carbons (Fsp3) is 0.176. The lowest BCUT2D eigenvalue weighted by molar-refractivity contribution is -0.385. The molecule has 0 aromatic heterocycles. The number of nitrogens with one attached hydrogen (secondary N) is 1. The zero-order chi connectivity index (χ0) is 19.4. The summed E-state index contributed by atoms with van der Waals surface area (Å²) in [6, 6.07) is 8.58. The molecule has 26 heavy (non-hydrogen) atoms. The summed E-state index contributed by atoms with van der Waals surface area (Å²) in [5.41, 5.74) is 0.291. The van der Waals surface area contributed by atoms with Crippen LogP contribution in [0.3, 0.4) is 0 Å². The van der Waals surface area contributed by atoms with Crippen LogP contribution in [-0.4, -0.2) is 22.9 Å². The fourth-order valence-electron chi connectivity index (χ4n) is 2.15. The SMILES string of the molecule is Cc1c(C(=O)O[C@@H](C)C(=O)Nc2ccc(Cl)cc2Cl)cccc1[N+](=O)[O-]. The minimum atomic E-state index is -1.15. The normalized spacial score (nSPS) is 11.5. The van der Waals surface area contributed by atoms with E-state index in [1.165, 1.54) is 44.2 Å². The summed E-state index contributed by atoms with van der Waals surface area (Å²) in [7, 11) is 0. The second-order valence-corrected chi connectivity index (χ2v) is 6.21. The van der Waals surface area contributed by atoms with Crippen LogP contribution in [0.4, 0.5) is 11.4 Å². The summed E-state index contributed by atoms with van der Waals surface area (Å²) in [6.07, 6.45) is -1.15. The first-order chi connectivity index (χ1) is 12.2. The maximum atomic E-state index is 12.3. The first-order valence-corrected chi connectivity index (χ1v) is 8.17. The van der Waals surface area contributed by atoms with Crippen LogP contribution in [0.25, 0.3) is 0 Å². The van der Waals surface area contributed by atoms with Gasteiger partial charge in [-0.05, 0) is 38.1 Å². The summed E-state index contributed by atoms with van der Waals surface area (Å²) < 4.78 is 5.11. The molecule has 1 N–H and O–H groups in total. The first kappa shape index (κ1) is 19.7. The first-order valence-electron chi connectivity index (χ1n) is 7.41. The number of nitro groups is 1. The number of nitrogens with zero attached hydrogens (tertiary/aromatic N) is 1. The Bertz CT molecular complexity index is 885. The Labute approximate surface area is 159 Å². The number of carbonyl (C=O) groups is 2. The Morgan fingerprint density at radius 1 is 1.23 bits per heavy atom. The number of halogens is 2. The number of esters is 1. The van der Waals surface area contributed by atoms with E-state index < -0.39 is 22.9 Å². The number of ether oxygens (including phenoxy) is 1. The second-order valence-electron chi connectivity index (χ2n) is 5.37. The quantitative estimate of drug-likeness (QED) is 0.458. The molecule has 0 heterocycles. The van der Waals surface area contributed by atoms with E-state index in [2.05, 4.69) is 5.32 Å². The third-order valence-corrected chi connectivity index (χ3v) is 4.11. The van der Waals surface area contributed by atoms with Crippen LogP contribution in [0, 0.1) is 17.0 Å². The van der Waals surface area contributed by atoms with Crippen molar-refractivity contribution in [1.29, 1.82) is 0 Å². The van der Waals surface area contributed by atoms with Gasteiger partial charge < -0.3 is 10.1 Å². The molecule has 0 unspecified atom stereocenters. The van der Waals surface area contributed by atoms with Crippen molar-refractivity contribution < 1.29 is 19.2 Å². The lowest BCUT2D eigenvalue weighted by Crippen LogP contribution is -2.30. The molecule has 0 saturated heterocycles. The third-order valence-electron chi connectivity index (χ3n) is 3.56. The average Bonchev–Trinajstić information content (AvgIpc) is 2.57. The molecule has 9 heteroatoms. The summed E-state index contributed by atoms with van der Waals surface area (Å²) in [6.45, 7) is 2.82. The molecule has 2 aromatic carbocycles. The Morgan fingerprint density at radius 3 is 2.54 bits per heavy atom. The van der Waals surface area contributed by atoms with Crippen molar-refractivity contribution in [2.45, 2.75) is 20.0 Å². The maximum absolute atomic E-state index is 12.3. The fourth-order valence-corrected chi connectivity index (χ4v) is 2.60. The van der Waals surface area contributed by atoms with Gasteiger partial charge in [-0.2, -0.15) is 0 Å². The van der Waals surface area contributed by atoms with Gasteiger partial charge in [0, 0.05) is 16.7 Å². The van der Waals surface area contributed by atoms with Gasteiger partial charge in [-0.25, -0.2) is 4.79 Å². The number of carbonyl (C=O) groups excluding carboxylic acids is 2. The second kappa shape index (κ2) is 8.16. The molecule has 1 atom stereocenters. The lowest BCUT2D eigenvalue weighted by Gasteiger charge is -2.15. The summed E-state index contributed by atoms with van der Waals surface area (Å²) in [5.74, 6) is -1.44. The molecule has 0 saturated carbocycles. The zero-order valence-corrected chi connectivity index (χ0v) is 15.3. The molecule has 7 nitrogen and oxygen atoms in total. The van der Waals surface area contributed by atoms with Gasteiger partial charge in [0.05, 0.1) is 21.2 Å². The highest BCUT2D eigenvalue weighted by atomic mass is 35.5. The smallest absolute Gasteiger partial charge is 0.339 e. The Kier molecular flexibility index (Phi) is 6.18. The van der Waals surface area contributed by atoms with Crippen LogP contribution in [0.2, 0.25) is 10.0 Å². The van der Waals surface area contributed by atoms with Gasteiger partial charge in [0.1, 0.15) is 0 Å². The van der Waals surface area contributed by atoms with Crippen molar-refractivity contribution in [2.24, 2.45) is 0 Å². The molecule has 0 radical (unpaired) electrons. The summed E-state index contributed by atoms with van der Waals surface area (Å²) >= 11 is 11.8. The van der Waals surface area contributed by atoms with E-state index in [0.29, 0.717) is 10.7 Å². The molecule has 1 amide bonds. The van der Waals surface area contributed by atoms with Crippen LogP contribution < -0.4 is 5.32 Å². The highest BCUT2D eigenvalue weighted by Gasteiger charge is 2.23. The minimum Gasteiger partial charge on any atom is -0.449 e. The van der Waals surface area contributed by atoms with Crippen LogP contribution >= 0.6 is 23.2 Å². The molecule has 0 aliphatic rings. The van der Waals surface area contributed by atoms with Gasteiger partial charge in [0.25, 0.3) is 11.6 Å². The molecule has 136 valence electrons. The third kappa shape index (κ3) is 4.50. The van der Waals surface area contributed by atoms with E-state index in [1.807, 2.05) is 0 Å². The van der Waals surface area contributed by atoms with Gasteiger partial charge in [0.15, 0.2) is 6.10 Å². The number of hydrogen-bond acceptors (Lipinski definition) is 5. The van der Waals surface area contributed by atoms with Gasteiger partial charge in [-0.15, -0.1) is 0 Å². The Hall–Kier alpha value is -2.64. The molecule has 2 rings (SSSR count). The summed E-state index contributed by atoms with van der Waals surface area (Å²) in [5, 5.41) is 14.1. The molecule has 0 fully saturated rings. The largest absolute Gasteiger partial charge is 0.449 e. The summed E-state index contributed by atoms with van der Waals surface area (Å²) in [4.78, 5) is 34.8. The monoisotopic (exact) mass is 396 g/mol.